The SMILES string of the molecule is CCCCCCN(C/C=C/C(=O)N1CCn2c(C(C)=O)cnc2C1)CCC.CCc1ccccc1Cl. The van der Waals surface area contributed by atoms with E-state index in [1.54, 1.807) is 24.1 Å². The van der Waals surface area contributed by atoms with Crippen LogP contribution in [-0.4, -0.2) is 57.2 Å². The number of benzene rings is 1. The second kappa shape index (κ2) is 16.3. The molecule has 2 aromatic rings. The van der Waals surface area contributed by atoms with Crippen LogP contribution in [0.3, 0.4) is 0 Å². The van der Waals surface area contributed by atoms with Gasteiger partial charge < -0.3 is 9.47 Å². The Bertz CT molecular complexity index is 985. The fraction of sp³-hybridized carbons (Fsp3) is 0.552. The molecule has 1 aliphatic rings. The fourth-order valence-electron chi connectivity index (χ4n) is 4.30. The molecule has 0 bridgehead atoms. The molecule has 1 aromatic carbocycles. The number of Topliss-reactive ketones (excluding diaryl/α,β-unsaturated/α-hetero) is 1. The van der Waals surface area contributed by atoms with Crippen LogP contribution in [0.1, 0.15) is 81.7 Å². The Balaban J connectivity index is 0.000000425. The minimum atomic E-state index is 0.0170. The molecular weight excluding hydrogens is 472 g/mol. The van der Waals surface area contributed by atoms with Crippen LogP contribution >= 0.6 is 11.6 Å². The highest BCUT2D eigenvalue weighted by molar-refractivity contribution is 6.31. The first-order valence-corrected chi connectivity index (χ1v) is 13.7. The number of halogens is 1. The number of hydrogen-bond acceptors (Lipinski definition) is 4. The molecule has 0 unspecified atom stereocenters. The summed E-state index contributed by atoms with van der Waals surface area (Å²) in [6.45, 7) is 12.8. The number of hydrogen-bond donors (Lipinski definition) is 0. The number of carbonyl (C=O) groups excluding carboxylic acids is 2. The molecule has 0 spiro atoms. The lowest BCUT2D eigenvalue weighted by Gasteiger charge is -2.27. The zero-order chi connectivity index (χ0) is 26.3. The van der Waals surface area contributed by atoms with E-state index in [4.69, 9.17) is 11.6 Å². The number of amides is 1. The highest BCUT2D eigenvalue weighted by atomic mass is 35.5. The quantitative estimate of drug-likeness (QED) is 0.193. The molecule has 0 saturated heterocycles. The smallest absolute Gasteiger partial charge is 0.246 e. The topological polar surface area (TPSA) is 58.4 Å². The summed E-state index contributed by atoms with van der Waals surface area (Å²) in [4.78, 5) is 32.6. The third kappa shape index (κ3) is 9.55. The third-order valence-electron chi connectivity index (χ3n) is 6.37. The van der Waals surface area contributed by atoms with Crippen molar-refractivity contribution in [1.82, 2.24) is 19.4 Å². The normalized spacial score (nSPS) is 13.0. The first-order valence-electron chi connectivity index (χ1n) is 13.4. The molecule has 0 atom stereocenters. The van der Waals surface area contributed by atoms with Gasteiger partial charge in [-0.25, -0.2) is 4.98 Å². The van der Waals surface area contributed by atoms with Crippen LogP contribution in [0.4, 0.5) is 0 Å². The number of carbonyl (C=O) groups is 2. The van der Waals surface area contributed by atoms with Gasteiger partial charge in [0.05, 0.1) is 12.7 Å². The van der Waals surface area contributed by atoms with E-state index in [1.807, 2.05) is 34.9 Å². The molecule has 1 aromatic heterocycles. The van der Waals surface area contributed by atoms with Crippen molar-refractivity contribution in [3.8, 4) is 0 Å². The number of rotatable bonds is 12. The lowest BCUT2D eigenvalue weighted by Crippen LogP contribution is -2.38. The number of imidazole rings is 1. The molecule has 0 radical (unpaired) electrons. The molecule has 0 fully saturated rings. The lowest BCUT2D eigenvalue weighted by molar-refractivity contribution is -0.127. The van der Waals surface area contributed by atoms with Crippen molar-refractivity contribution in [2.75, 3.05) is 26.2 Å². The lowest BCUT2D eigenvalue weighted by atomic mass is 10.2. The number of nitrogens with zero attached hydrogens (tertiary/aromatic N) is 4. The second-order valence-corrected chi connectivity index (χ2v) is 9.64. The van der Waals surface area contributed by atoms with Crippen LogP contribution in [0.15, 0.2) is 42.6 Å². The number of fused-ring (bicyclic) bond motifs is 1. The number of ketones is 1. The molecule has 2 heterocycles. The number of aromatic nitrogens is 2. The standard InChI is InChI=1S/C21H34N4O2.C8H9Cl/c1-4-6-7-8-12-23(11-5-2)13-9-10-21(27)24-14-15-25-19(18(3)26)16-22-20(25)17-24;1-2-7-5-3-4-6-8(7)9/h9-10,16H,4-8,11-15,17H2,1-3H3;3-6H,2H2,1H3/b10-9+;. The van der Waals surface area contributed by atoms with Gasteiger partial charge in [0.2, 0.25) is 5.91 Å². The molecule has 6 nitrogen and oxygen atoms in total. The fourth-order valence-corrected chi connectivity index (χ4v) is 4.56. The molecule has 0 aliphatic carbocycles. The van der Waals surface area contributed by atoms with Crippen molar-refractivity contribution < 1.29 is 9.59 Å². The van der Waals surface area contributed by atoms with Gasteiger partial charge in [-0.05, 0) is 44.0 Å². The van der Waals surface area contributed by atoms with Gasteiger partial charge in [0, 0.05) is 37.7 Å². The van der Waals surface area contributed by atoms with Crippen molar-refractivity contribution in [2.24, 2.45) is 0 Å². The van der Waals surface area contributed by atoms with Gasteiger partial charge in [-0.3, -0.25) is 14.5 Å². The van der Waals surface area contributed by atoms with Gasteiger partial charge in [0.15, 0.2) is 5.78 Å². The van der Waals surface area contributed by atoms with E-state index in [9.17, 15) is 9.59 Å². The minimum absolute atomic E-state index is 0.0170. The summed E-state index contributed by atoms with van der Waals surface area (Å²) in [7, 11) is 0. The average Bonchev–Trinajstić information content (AvgIpc) is 3.31. The van der Waals surface area contributed by atoms with Crippen LogP contribution < -0.4 is 0 Å². The summed E-state index contributed by atoms with van der Waals surface area (Å²) in [6, 6.07) is 7.91. The molecule has 1 aliphatic heterocycles. The first-order chi connectivity index (χ1) is 17.4. The van der Waals surface area contributed by atoms with Crippen molar-refractivity contribution in [3.63, 3.8) is 0 Å². The predicted octanol–water partition coefficient (Wildman–Crippen LogP) is 6.18. The van der Waals surface area contributed by atoms with Gasteiger partial charge >= 0.3 is 0 Å². The summed E-state index contributed by atoms with van der Waals surface area (Å²) >= 11 is 5.82. The van der Waals surface area contributed by atoms with Crippen molar-refractivity contribution in [3.05, 3.63) is 64.7 Å². The zero-order valence-electron chi connectivity index (χ0n) is 22.5. The van der Waals surface area contributed by atoms with Gasteiger partial charge in [0.25, 0.3) is 0 Å². The molecule has 7 heteroatoms. The van der Waals surface area contributed by atoms with Crippen LogP contribution in [0, 0.1) is 0 Å². The van der Waals surface area contributed by atoms with Crippen molar-refractivity contribution in [2.45, 2.75) is 79.3 Å². The van der Waals surface area contributed by atoms with E-state index in [-0.39, 0.29) is 11.7 Å². The summed E-state index contributed by atoms with van der Waals surface area (Å²) in [6.07, 6.45) is 12.5. The summed E-state index contributed by atoms with van der Waals surface area (Å²) in [5.74, 6) is 0.830. The van der Waals surface area contributed by atoms with Crippen LogP contribution in [-0.2, 0) is 24.3 Å². The first kappa shape index (κ1) is 29.8. The van der Waals surface area contributed by atoms with E-state index >= 15 is 0 Å². The Morgan fingerprint density at radius 2 is 1.83 bits per heavy atom. The maximum Gasteiger partial charge on any atom is 0.246 e. The zero-order valence-corrected chi connectivity index (χ0v) is 23.3. The van der Waals surface area contributed by atoms with E-state index in [2.05, 4.69) is 30.7 Å². The van der Waals surface area contributed by atoms with E-state index in [0.717, 1.165) is 43.3 Å². The van der Waals surface area contributed by atoms with E-state index in [1.165, 1.54) is 31.2 Å². The number of aryl methyl sites for hydroxylation is 1. The maximum atomic E-state index is 12.5. The molecule has 1 amide bonds. The predicted molar refractivity (Wildman–Crippen MR) is 148 cm³/mol. The monoisotopic (exact) mass is 514 g/mol. The Kier molecular flexibility index (Phi) is 13.5. The van der Waals surface area contributed by atoms with Crippen molar-refractivity contribution >= 4 is 23.3 Å². The average molecular weight is 515 g/mol. The van der Waals surface area contributed by atoms with E-state index in [0.29, 0.717) is 25.3 Å². The Hall–Kier alpha value is -2.44. The van der Waals surface area contributed by atoms with Crippen LogP contribution in [0.5, 0.6) is 0 Å². The summed E-state index contributed by atoms with van der Waals surface area (Å²) < 4.78 is 1.93. The highest BCUT2D eigenvalue weighted by Gasteiger charge is 2.23. The molecular formula is C29H43ClN4O2. The molecule has 198 valence electrons. The van der Waals surface area contributed by atoms with Gasteiger partial charge in [-0.15, -0.1) is 0 Å². The largest absolute Gasteiger partial charge is 0.330 e. The van der Waals surface area contributed by atoms with Gasteiger partial charge in [-0.2, -0.15) is 0 Å². The Morgan fingerprint density at radius 3 is 2.47 bits per heavy atom. The summed E-state index contributed by atoms with van der Waals surface area (Å²) in [5.41, 5.74) is 1.85. The molecule has 0 N–H and O–H groups in total. The number of unbranched alkanes of at least 4 members (excludes halogenated alkanes) is 3. The third-order valence-corrected chi connectivity index (χ3v) is 6.74. The molecule has 3 rings (SSSR count). The van der Waals surface area contributed by atoms with Crippen LogP contribution in [0.2, 0.25) is 5.02 Å². The Morgan fingerprint density at radius 1 is 1.06 bits per heavy atom. The maximum absolute atomic E-state index is 12.5. The van der Waals surface area contributed by atoms with Crippen LogP contribution in [0.25, 0.3) is 0 Å². The Labute approximate surface area is 222 Å². The van der Waals surface area contributed by atoms with E-state index < -0.39 is 0 Å². The van der Waals surface area contributed by atoms with Gasteiger partial charge in [0.1, 0.15) is 11.5 Å². The second-order valence-electron chi connectivity index (χ2n) is 9.24. The minimum Gasteiger partial charge on any atom is -0.330 e. The molecule has 36 heavy (non-hydrogen) atoms. The summed E-state index contributed by atoms with van der Waals surface area (Å²) in [5, 5.41) is 0.875. The van der Waals surface area contributed by atoms with Gasteiger partial charge in [-0.1, -0.05) is 75.9 Å². The highest BCUT2D eigenvalue weighted by Crippen LogP contribution is 2.16. The van der Waals surface area contributed by atoms with Crippen molar-refractivity contribution in [1.29, 1.82) is 0 Å². The molecule has 0 saturated carbocycles.